The zero-order chi connectivity index (χ0) is 18.9. The van der Waals surface area contributed by atoms with Crippen LogP contribution in [0.4, 0.5) is 0 Å². The number of hydrogen-bond acceptors (Lipinski definition) is 4. The molecule has 1 N–H and O–H groups in total. The van der Waals surface area contributed by atoms with Crippen LogP contribution >= 0.6 is 0 Å². The first-order chi connectivity index (χ1) is 12.6. The number of phenolic OH excluding ortho intramolecular Hbond substituents is 1. The van der Waals surface area contributed by atoms with E-state index in [0.717, 1.165) is 25.7 Å². The second-order valence-electron chi connectivity index (χ2n) is 6.44. The second-order valence-corrected chi connectivity index (χ2v) is 6.44. The van der Waals surface area contributed by atoms with Gasteiger partial charge in [0.05, 0.1) is 12.2 Å². The number of carbonyl (C=O) groups is 2. The molecule has 0 aliphatic heterocycles. The summed E-state index contributed by atoms with van der Waals surface area (Å²) in [7, 11) is 0. The molecule has 2 aromatic carbocycles. The molecule has 0 aromatic heterocycles. The van der Waals surface area contributed by atoms with Crippen molar-refractivity contribution in [1.29, 1.82) is 0 Å². The first-order valence-electron chi connectivity index (χ1n) is 9.16. The van der Waals surface area contributed by atoms with Gasteiger partial charge in [-0.15, -0.1) is 0 Å². The Morgan fingerprint density at radius 1 is 1.00 bits per heavy atom. The van der Waals surface area contributed by atoms with Crippen LogP contribution in [0.5, 0.6) is 5.75 Å². The van der Waals surface area contributed by atoms with Crippen molar-refractivity contribution in [3.05, 3.63) is 65.2 Å². The van der Waals surface area contributed by atoms with Crippen molar-refractivity contribution in [2.75, 3.05) is 6.61 Å². The average molecular weight is 354 g/mol. The van der Waals surface area contributed by atoms with E-state index in [1.165, 1.54) is 24.3 Å². The van der Waals surface area contributed by atoms with Gasteiger partial charge < -0.3 is 9.84 Å². The molecule has 138 valence electrons. The lowest BCUT2D eigenvalue weighted by atomic mass is 9.98. The number of hydrogen-bond donors (Lipinski definition) is 1. The molecule has 0 fully saturated rings. The molecule has 0 spiro atoms. The maximum Gasteiger partial charge on any atom is 0.338 e. The maximum atomic E-state index is 12.7. The smallest absolute Gasteiger partial charge is 0.338 e. The van der Waals surface area contributed by atoms with E-state index < -0.39 is 5.97 Å². The van der Waals surface area contributed by atoms with E-state index in [9.17, 15) is 14.7 Å². The third kappa shape index (κ3) is 5.19. The van der Waals surface area contributed by atoms with Crippen molar-refractivity contribution in [3.63, 3.8) is 0 Å². The van der Waals surface area contributed by atoms with E-state index in [4.69, 9.17) is 4.74 Å². The van der Waals surface area contributed by atoms with E-state index >= 15 is 0 Å². The molecule has 2 aromatic rings. The highest BCUT2D eigenvalue weighted by atomic mass is 16.5. The number of ketones is 1. The first-order valence-corrected chi connectivity index (χ1v) is 9.16. The van der Waals surface area contributed by atoms with Crippen molar-refractivity contribution in [2.45, 2.75) is 39.5 Å². The lowest BCUT2D eigenvalue weighted by molar-refractivity contribution is 0.0426. The molecule has 0 bridgehead atoms. The lowest BCUT2D eigenvalue weighted by Crippen LogP contribution is -2.17. The fourth-order valence-electron chi connectivity index (χ4n) is 2.80. The molecule has 4 heteroatoms. The number of esters is 1. The second kappa shape index (κ2) is 9.76. The molecular weight excluding hydrogens is 328 g/mol. The highest BCUT2D eigenvalue weighted by molar-refractivity contribution is 6.14. The molecule has 0 saturated carbocycles. The van der Waals surface area contributed by atoms with E-state index in [0.29, 0.717) is 23.7 Å². The molecule has 0 aliphatic carbocycles. The third-order valence-electron chi connectivity index (χ3n) is 4.51. The van der Waals surface area contributed by atoms with E-state index in [1.807, 2.05) is 0 Å². The predicted molar refractivity (Wildman–Crippen MR) is 102 cm³/mol. The quantitative estimate of drug-likeness (QED) is 0.508. The maximum absolute atomic E-state index is 12.7. The average Bonchev–Trinajstić information content (AvgIpc) is 2.68. The molecule has 0 radical (unpaired) electrons. The normalized spacial score (nSPS) is 11.8. The standard InChI is InChI=1S/C22H26O4/c1-3-5-8-16(4-2)15-26-22(25)20-10-7-6-9-19(20)21(24)17-11-13-18(23)14-12-17/h6-7,9-14,16,23H,3-5,8,15H2,1-2H3. The van der Waals surface area contributed by atoms with Crippen LogP contribution < -0.4 is 0 Å². The van der Waals surface area contributed by atoms with Crippen LogP contribution in [0.2, 0.25) is 0 Å². The molecule has 1 atom stereocenters. The van der Waals surface area contributed by atoms with Gasteiger partial charge in [-0.3, -0.25) is 4.79 Å². The zero-order valence-corrected chi connectivity index (χ0v) is 15.4. The Hall–Kier alpha value is -2.62. The fourth-order valence-corrected chi connectivity index (χ4v) is 2.80. The van der Waals surface area contributed by atoms with Crippen LogP contribution in [-0.2, 0) is 4.74 Å². The molecule has 0 saturated heterocycles. The number of unbranched alkanes of at least 4 members (excludes halogenated alkanes) is 1. The summed E-state index contributed by atoms with van der Waals surface area (Å²) in [5.41, 5.74) is 0.998. The Kier molecular flexibility index (Phi) is 7.39. The van der Waals surface area contributed by atoms with Gasteiger partial charge in [0.2, 0.25) is 0 Å². The number of phenols is 1. The predicted octanol–water partition coefficient (Wildman–Crippen LogP) is 5.00. The largest absolute Gasteiger partial charge is 0.508 e. The summed E-state index contributed by atoms with van der Waals surface area (Å²) in [6.45, 7) is 4.61. The van der Waals surface area contributed by atoms with Gasteiger partial charge in [0.1, 0.15) is 5.75 Å². The summed E-state index contributed by atoms with van der Waals surface area (Å²) in [5.74, 6) is -0.302. The fraction of sp³-hybridized carbons (Fsp3) is 0.364. The molecule has 1 unspecified atom stereocenters. The third-order valence-corrected chi connectivity index (χ3v) is 4.51. The Balaban J connectivity index is 2.13. The van der Waals surface area contributed by atoms with Gasteiger partial charge in [0.25, 0.3) is 0 Å². The molecule has 26 heavy (non-hydrogen) atoms. The van der Waals surface area contributed by atoms with Crippen LogP contribution in [0.15, 0.2) is 48.5 Å². The number of aromatic hydroxyl groups is 1. The first kappa shape index (κ1) is 19.7. The highest BCUT2D eigenvalue weighted by Gasteiger charge is 2.20. The molecule has 4 nitrogen and oxygen atoms in total. The SMILES string of the molecule is CCCCC(CC)COC(=O)c1ccccc1C(=O)c1ccc(O)cc1. The van der Waals surface area contributed by atoms with Crippen LogP contribution in [0.25, 0.3) is 0 Å². The number of ether oxygens (including phenoxy) is 1. The van der Waals surface area contributed by atoms with Crippen molar-refractivity contribution >= 4 is 11.8 Å². The van der Waals surface area contributed by atoms with Crippen molar-refractivity contribution < 1.29 is 19.4 Å². The molecule has 0 heterocycles. The monoisotopic (exact) mass is 354 g/mol. The Labute approximate surface area is 154 Å². The summed E-state index contributed by atoms with van der Waals surface area (Å²) in [4.78, 5) is 25.3. The summed E-state index contributed by atoms with van der Waals surface area (Å²) in [5, 5.41) is 9.37. The van der Waals surface area contributed by atoms with Gasteiger partial charge >= 0.3 is 5.97 Å². The van der Waals surface area contributed by atoms with Gasteiger partial charge in [0, 0.05) is 11.1 Å². The van der Waals surface area contributed by atoms with E-state index in [1.54, 1.807) is 24.3 Å². The van der Waals surface area contributed by atoms with Gasteiger partial charge in [0.15, 0.2) is 5.78 Å². The Morgan fingerprint density at radius 3 is 2.27 bits per heavy atom. The van der Waals surface area contributed by atoms with Gasteiger partial charge in [-0.1, -0.05) is 51.3 Å². The van der Waals surface area contributed by atoms with Crippen LogP contribution in [0.1, 0.15) is 65.8 Å². The van der Waals surface area contributed by atoms with Crippen LogP contribution in [-0.4, -0.2) is 23.5 Å². The molecular formula is C22H26O4. The molecule has 0 aliphatic rings. The van der Waals surface area contributed by atoms with Gasteiger partial charge in [-0.25, -0.2) is 4.79 Å². The van der Waals surface area contributed by atoms with Crippen LogP contribution in [0.3, 0.4) is 0 Å². The van der Waals surface area contributed by atoms with Crippen molar-refractivity contribution in [3.8, 4) is 5.75 Å². The summed E-state index contributed by atoms with van der Waals surface area (Å²) in [6, 6.07) is 12.7. The topological polar surface area (TPSA) is 63.6 Å². The molecule has 2 rings (SSSR count). The van der Waals surface area contributed by atoms with Crippen molar-refractivity contribution in [1.82, 2.24) is 0 Å². The Morgan fingerprint density at radius 2 is 1.65 bits per heavy atom. The number of carbonyl (C=O) groups excluding carboxylic acids is 2. The van der Waals surface area contributed by atoms with Crippen LogP contribution in [0, 0.1) is 5.92 Å². The van der Waals surface area contributed by atoms with E-state index in [-0.39, 0.29) is 17.1 Å². The summed E-state index contributed by atoms with van der Waals surface area (Å²) >= 11 is 0. The zero-order valence-electron chi connectivity index (χ0n) is 15.4. The number of benzene rings is 2. The number of rotatable bonds is 9. The summed E-state index contributed by atoms with van der Waals surface area (Å²) < 4.78 is 5.49. The van der Waals surface area contributed by atoms with Crippen molar-refractivity contribution in [2.24, 2.45) is 5.92 Å². The summed E-state index contributed by atoms with van der Waals surface area (Å²) in [6.07, 6.45) is 4.23. The van der Waals surface area contributed by atoms with Gasteiger partial charge in [-0.05, 0) is 42.7 Å². The lowest BCUT2D eigenvalue weighted by Gasteiger charge is -2.15. The van der Waals surface area contributed by atoms with Gasteiger partial charge in [-0.2, -0.15) is 0 Å². The molecule has 0 amide bonds. The minimum Gasteiger partial charge on any atom is -0.508 e. The minimum absolute atomic E-state index is 0.0898. The Bertz CT molecular complexity index is 734. The van der Waals surface area contributed by atoms with E-state index in [2.05, 4.69) is 13.8 Å². The highest BCUT2D eigenvalue weighted by Crippen LogP contribution is 2.19. The minimum atomic E-state index is -0.470.